The molecule has 60 heavy (non-hydrogen) atoms. The third-order valence-corrected chi connectivity index (χ3v) is 13.9. The summed E-state index contributed by atoms with van der Waals surface area (Å²) in [5, 5.41) is 34.4. The van der Waals surface area contributed by atoms with Crippen LogP contribution in [0.15, 0.2) is 24.5 Å². The van der Waals surface area contributed by atoms with E-state index in [-0.39, 0.29) is 43.2 Å². The van der Waals surface area contributed by atoms with E-state index in [9.17, 15) is 24.9 Å². The Morgan fingerprint density at radius 3 is 2.05 bits per heavy atom. The Kier molecular flexibility index (Phi) is 17.3. The van der Waals surface area contributed by atoms with Gasteiger partial charge in [-0.25, -0.2) is 0 Å². The minimum atomic E-state index is -1.96. The van der Waals surface area contributed by atoms with E-state index in [2.05, 4.69) is 21.8 Å². The Morgan fingerprint density at radius 2 is 1.48 bits per heavy atom. The standard InChI is InChI=1S/C45H77N3O12/c1-16-33-45(10,53)38(50)27(4)36(49)25(2)22-44(9,55-15)40(28(5)37(29(6)41(52)58-33)59-34-23-43(8,54-14)39(51)30(7)57-34)60-42-35(47(11)12)32(21-26(3)56-42)48(13)24-31-17-19-46-20-18-31/h17-20,25-30,32-35,37-40,42,50-51,53H,16,21-24H2,1-15H3/t25-,26-,27+,28+,29-,30+,32-,33-,34+,35+,37+,38-,39+,40-,42+,43-,44+,45-/m1/s1. The van der Waals surface area contributed by atoms with Gasteiger partial charge in [0.25, 0.3) is 0 Å². The smallest absolute Gasteiger partial charge is 0.311 e. The van der Waals surface area contributed by atoms with Crippen molar-refractivity contribution in [2.24, 2.45) is 23.7 Å². The van der Waals surface area contributed by atoms with Crippen LogP contribution in [0.4, 0.5) is 0 Å². The summed E-state index contributed by atoms with van der Waals surface area (Å²) in [5.74, 6) is -4.29. The summed E-state index contributed by atoms with van der Waals surface area (Å²) >= 11 is 0. The molecule has 0 spiro atoms. The SMILES string of the molecule is CC[C@H]1OC(=O)[C@H](C)[C@@H](O[C@H]2C[C@@](C)(OC)[C@@H](O)[C@H](C)O2)[C@H](C)[C@@H](O[C@@H]2O[C@H](C)C[C@@H](N(C)Cc3ccncc3)[C@@H]2N(C)C)[C@@](C)(OC)C[C@@H](C)C(=O)[C@H](C)[C@@H](O)[C@]1(C)O. The number of ketones is 1. The average Bonchev–Trinajstić information content (AvgIpc) is 3.20. The molecule has 0 unspecified atom stereocenters. The molecule has 18 atom stereocenters. The number of nitrogens with zero attached hydrogens (tertiary/aromatic N) is 3. The predicted octanol–water partition coefficient (Wildman–Crippen LogP) is 3.97. The molecule has 0 aliphatic carbocycles. The molecule has 344 valence electrons. The fourth-order valence-corrected chi connectivity index (χ4v) is 9.99. The largest absolute Gasteiger partial charge is 0.459 e. The summed E-state index contributed by atoms with van der Waals surface area (Å²) in [4.78, 5) is 37.3. The number of methoxy groups -OCH3 is 2. The first-order valence-corrected chi connectivity index (χ1v) is 21.8. The van der Waals surface area contributed by atoms with Gasteiger partial charge >= 0.3 is 5.97 Å². The summed E-state index contributed by atoms with van der Waals surface area (Å²) in [6, 6.07) is 3.72. The molecule has 3 aliphatic heterocycles. The van der Waals surface area contributed by atoms with Crippen LogP contribution in [0.25, 0.3) is 0 Å². The van der Waals surface area contributed by atoms with Crippen molar-refractivity contribution in [2.45, 2.75) is 186 Å². The molecule has 3 saturated heterocycles. The number of likely N-dealkylation sites (N-methyl/N-ethyl adjacent to an activating group) is 2. The molecule has 15 heteroatoms. The van der Waals surface area contributed by atoms with Crippen molar-refractivity contribution in [2.75, 3.05) is 35.4 Å². The van der Waals surface area contributed by atoms with E-state index in [1.165, 1.54) is 14.0 Å². The third kappa shape index (κ3) is 11.0. The normalized spacial score (nSPS) is 44.1. The molecule has 3 N–H and O–H groups in total. The van der Waals surface area contributed by atoms with Gasteiger partial charge in [0.15, 0.2) is 12.6 Å². The highest BCUT2D eigenvalue weighted by molar-refractivity contribution is 5.83. The monoisotopic (exact) mass is 852 g/mol. The van der Waals surface area contributed by atoms with Crippen LogP contribution >= 0.6 is 0 Å². The molecule has 0 aromatic carbocycles. The Hall–Kier alpha value is -2.15. The van der Waals surface area contributed by atoms with Gasteiger partial charge in [-0.05, 0) is 99.6 Å². The van der Waals surface area contributed by atoms with Gasteiger partial charge in [0.1, 0.15) is 23.6 Å². The Balaban J connectivity index is 1.88. The third-order valence-electron chi connectivity index (χ3n) is 13.9. The lowest BCUT2D eigenvalue weighted by molar-refractivity contribution is -0.314. The number of ether oxygens (including phenoxy) is 7. The van der Waals surface area contributed by atoms with Crippen LogP contribution in [0.1, 0.15) is 100 Å². The Bertz CT molecular complexity index is 1540. The first-order chi connectivity index (χ1) is 28.0. The number of Topliss-reactive ketones (excluding diaryl/α,β-unsaturated/α-hetero) is 1. The molecule has 1 aromatic rings. The van der Waals surface area contributed by atoms with Crippen molar-refractivity contribution >= 4 is 11.8 Å². The molecule has 3 fully saturated rings. The van der Waals surface area contributed by atoms with Gasteiger partial charge in [-0.2, -0.15) is 0 Å². The molecule has 0 amide bonds. The summed E-state index contributed by atoms with van der Waals surface area (Å²) in [5.41, 5.74) is -3.07. The fourth-order valence-electron chi connectivity index (χ4n) is 9.99. The van der Waals surface area contributed by atoms with Gasteiger partial charge in [0, 0.05) is 63.4 Å². The first kappa shape index (κ1) is 50.5. The lowest BCUT2D eigenvalue weighted by Gasteiger charge is -2.51. The van der Waals surface area contributed by atoms with Crippen LogP contribution in [-0.4, -0.2) is 161 Å². The van der Waals surface area contributed by atoms with Crippen molar-refractivity contribution in [3.8, 4) is 0 Å². The van der Waals surface area contributed by atoms with Crippen molar-refractivity contribution < 1.29 is 58.1 Å². The molecule has 0 radical (unpaired) electrons. The summed E-state index contributed by atoms with van der Waals surface area (Å²) in [6.07, 6.45) is -3.33. The summed E-state index contributed by atoms with van der Waals surface area (Å²) < 4.78 is 45.5. The minimum Gasteiger partial charge on any atom is -0.459 e. The maximum atomic E-state index is 14.4. The van der Waals surface area contributed by atoms with Crippen molar-refractivity contribution in [3.05, 3.63) is 30.1 Å². The van der Waals surface area contributed by atoms with Crippen LogP contribution in [0.2, 0.25) is 0 Å². The molecule has 0 bridgehead atoms. The molecule has 4 rings (SSSR count). The van der Waals surface area contributed by atoms with Crippen LogP contribution < -0.4 is 0 Å². The zero-order valence-electron chi connectivity index (χ0n) is 38.9. The number of pyridine rings is 1. The second kappa shape index (κ2) is 20.6. The van der Waals surface area contributed by atoms with Gasteiger partial charge in [-0.15, -0.1) is 0 Å². The lowest BCUT2D eigenvalue weighted by atomic mass is 9.73. The molecular weight excluding hydrogens is 775 g/mol. The number of cyclic esters (lactones) is 1. The fraction of sp³-hybridized carbons (Fsp3) is 0.844. The van der Waals surface area contributed by atoms with Crippen LogP contribution in [0.5, 0.6) is 0 Å². The van der Waals surface area contributed by atoms with Crippen LogP contribution in [0.3, 0.4) is 0 Å². The van der Waals surface area contributed by atoms with E-state index in [1.807, 2.05) is 47.0 Å². The number of aromatic nitrogens is 1. The number of rotatable bonds is 11. The van der Waals surface area contributed by atoms with Gasteiger partial charge in [0.2, 0.25) is 0 Å². The van der Waals surface area contributed by atoms with Crippen molar-refractivity contribution in [1.82, 2.24) is 14.8 Å². The molecule has 15 nitrogen and oxygen atoms in total. The second-order valence-electron chi connectivity index (χ2n) is 18.9. The minimum absolute atomic E-state index is 0.0117. The second-order valence-corrected chi connectivity index (χ2v) is 18.9. The summed E-state index contributed by atoms with van der Waals surface area (Å²) in [7, 11) is 9.19. The van der Waals surface area contributed by atoms with E-state index in [0.717, 1.165) is 12.0 Å². The molecule has 1 aromatic heterocycles. The number of aliphatic hydroxyl groups excluding tert-OH is 2. The van der Waals surface area contributed by atoms with E-state index >= 15 is 0 Å². The highest BCUT2D eigenvalue weighted by atomic mass is 16.7. The molecular formula is C45H77N3O12. The van der Waals surface area contributed by atoms with Crippen LogP contribution in [0, 0.1) is 23.7 Å². The Morgan fingerprint density at radius 1 is 0.867 bits per heavy atom. The van der Waals surface area contributed by atoms with Crippen LogP contribution in [-0.2, 0) is 49.3 Å². The molecule has 3 aliphatic rings. The lowest BCUT2D eigenvalue weighted by Crippen LogP contribution is -2.64. The highest BCUT2D eigenvalue weighted by Crippen LogP contribution is 2.42. The van der Waals surface area contributed by atoms with Gasteiger partial charge in [-0.3, -0.25) is 19.5 Å². The molecule has 4 heterocycles. The van der Waals surface area contributed by atoms with E-state index in [1.54, 1.807) is 61.0 Å². The number of hydrogen-bond donors (Lipinski definition) is 3. The summed E-state index contributed by atoms with van der Waals surface area (Å²) in [6.45, 7) is 18.3. The number of carbonyl (C=O) groups excluding carboxylic acids is 2. The highest BCUT2D eigenvalue weighted by Gasteiger charge is 2.54. The number of aliphatic hydroxyl groups is 3. The average molecular weight is 852 g/mol. The van der Waals surface area contributed by atoms with Crippen molar-refractivity contribution in [3.63, 3.8) is 0 Å². The topological polar surface area (TPSA) is 179 Å². The maximum Gasteiger partial charge on any atom is 0.311 e. The number of esters is 1. The maximum absolute atomic E-state index is 14.4. The van der Waals surface area contributed by atoms with E-state index < -0.39 is 95.6 Å². The number of carbonyl (C=O) groups is 2. The van der Waals surface area contributed by atoms with Gasteiger partial charge in [-0.1, -0.05) is 27.7 Å². The van der Waals surface area contributed by atoms with Gasteiger partial charge < -0.3 is 53.4 Å². The number of hydrogen-bond acceptors (Lipinski definition) is 15. The predicted molar refractivity (Wildman–Crippen MR) is 225 cm³/mol. The molecule has 0 saturated carbocycles. The van der Waals surface area contributed by atoms with Crippen molar-refractivity contribution in [1.29, 1.82) is 0 Å². The van der Waals surface area contributed by atoms with Gasteiger partial charge in [0.05, 0.1) is 53.7 Å². The van der Waals surface area contributed by atoms with E-state index in [4.69, 9.17) is 33.2 Å². The quantitative estimate of drug-likeness (QED) is 0.272. The zero-order valence-corrected chi connectivity index (χ0v) is 38.9. The first-order valence-electron chi connectivity index (χ1n) is 21.8. The Labute approximate surface area is 358 Å². The van der Waals surface area contributed by atoms with E-state index in [0.29, 0.717) is 6.54 Å². The zero-order chi connectivity index (χ0) is 45.1.